The Morgan fingerprint density at radius 2 is 1.46 bits per heavy atom. The van der Waals surface area contributed by atoms with Gasteiger partial charge in [-0.15, -0.1) is 11.3 Å². The number of carbonyl (C=O) groups is 1. The third-order valence-electron chi connectivity index (χ3n) is 11.0. The van der Waals surface area contributed by atoms with Gasteiger partial charge in [0.2, 0.25) is 12.3 Å². The van der Waals surface area contributed by atoms with Crippen molar-refractivity contribution in [3.63, 3.8) is 0 Å². The molecule has 2 aromatic carbocycles. The highest BCUT2D eigenvalue weighted by Crippen LogP contribution is 2.32. The molecular formula is C44H64N3O4S+. The number of anilines is 1. The molecule has 0 atom stereocenters. The van der Waals surface area contributed by atoms with Crippen LogP contribution >= 0.6 is 11.3 Å². The molecule has 52 heavy (non-hydrogen) atoms. The average Bonchev–Trinajstić information content (AvgIpc) is 3.65. The average molecular weight is 731 g/mol. The summed E-state index contributed by atoms with van der Waals surface area (Å²) >= 11 is 1.79. The van der Waals surface area contributed by atoms with Crippen molar-refractivity contribution in [2.24, 2.45) is 0 Å². The summed E-state index contributed by atoms with van der Waals surface area (Å²) in [4.78, 5) is 30.1. The van der Waals surface area contributed by atoms with E-state index in [0.717, 1.165) is 79.5 Å². The van der Waals surface area contributed by atoms with Crippen LogP contribution in [0.5, 0.6) is 5.75 Å². The minimum absolute atomic E-state index is 0.0460. The summed E-state index contributed by atoms with van der Waals surface area (Å²) in [6.45, 7) is 8.08. The molecule has 0 bridgehead atoms. The molecule has 1 aliphatic rings. The lowest BCUT2D eigenvalue weighted by Gasteiger charge is -2.45. The van der Waals surface area contributed by atoms with Crippen molar-refractivity contribution in [3.8, 4) is 5.75 Å². The molecule has 8 heteroatoms. The van der Waals surface area contributed by atoms with Gasteiger partial charge in [-0.2, -0.15) is 0 Å². The van der Waals surface area contributed by atoms with Crippen LogP contribution in [0.1, 0.15) is 122 Å². The van der Waals surface area contributed by atoms with Crippen molar-refractivity contribution in [2.75, 3.05) is 51.0 Å². The smallest absolute Gasteiger partial charge is 0.310 e. The van der Waals surface area contributed by atoms with Crippen molar-refractivity contribution in [1.82, 2.24) is 4.98 Å². The summed E-state index contributed by atoms with van der Waals surface area (Å²) in [6.07, 6.45) is 22.2. The van der Waals surface area contributed by atoms with Crippen LogP contribution in [0.15, 0.2) is 64.8 Å². The number of nitrogens with zero attached hydrogens (tertiary/aromatic N) is 2. The second kappa shape index (κ2) is 22.0. The quantitative estimate of drug-likeness (QED) is 0.0418. The number of pyridine rings is 1. The van der Waals surface area contributed by atoms with Gasteiger partial charge in [-0.1, -0.05) is 103 Å². The maximum absolute atomic E-state index is 12.9. The number of nitrogens with one attached hydrogen (secondary N) is 1. The number of hydrogen-bond acceptors (Lipinski definition) is 6. The summed E-state index contributed by atoms with van der Waals surface area (Å²) in [5, 5.41) is 4.50. The molecule has 0 saturated carbocycles. The van der Waals surface area contributed by atoms with Gasteiger partial charge < -0.3 is 19.4 Å². The number of H-pyrrole nitrogens is 1. The zero-order valence-corrected chi connectivity index (χ0v) is 32.7. The van der Waals surface area contributed by atoms with Crippen LogP contribution in [0.3, 0.4) is 0 Å². The van der Waals surface area contributed by atoms with E-state index in [9.17, 15) is 9.59 Å². The highest BCUT2D eigenvalue weighted by Gasteiger charge is 2.34. The van der Waals surface area contributed by atoms with Crippen molar-refractivity contribution in [2.45, 2.75) is 122 Å². The van der Waals surface area contributed by atoms with Crippen molar-refractivity contribution in [3.05, 3.63) is 70.3 Å². The Labute approximate surface area is 316 Å². The molecule has 1 aliphatic heterocycles. The van der Waals surface area contributed by atoms with E-state index < -0.39 is 0 Å². The van der Waals surface area contributed by atoms with Crippen LogP contribution < -0.4 is 15.2 Å². The summed E-state index contributed by atoms with van der Waals surface area (Å²) < 4.78 is 14.2. The van der Waals surface area contributed by atoms with Gasteiger partial charge in [0.1, 0.15) is 5.75 Å². The number of ether oxygens (including phenoxy) is 2. The molecular weight excluding hydrogens is 667 g/mol. The minimum Gasteiger partial charge on any atom is -0.494 e. The van der Waals surface area contributed by atoms with E-state index in [4.69, 9.17) is 9.47 Å². The molecule has 0 aliphatic carbocycles. The molecule has 1 N–H and O–H groups in total. The number of piperazine rings is 1. The summed E-state index contributed by atoms with van der Waals surface area (Å²) in [5.41, 5.74) is 1.99. The van der Waals surface area contributed by atoms with Crippen LogP contribution in [0.2, 0.25) is 0 Å². The predicted molar refractivity (Wildman–Crippen MR) is 219 cm³/mol. The zero-order valence-electron chi connectivity index (χ0n) is 31.9. The number of quaternary nitrogens is 1. The van der Waals surface area contributed by atoms with Gasteiger partial charge in [0, 0.05) is 34.3 Å². The Morgan fingerprint density at radius 3 is 2.17 bits per heavy atom. The number of carbonyl (C=O) groups excluding carboxylic acids is 1. The molecule has 284 valence electrons. The topological polar surface area (TPSA) is 71.6 Å². The maximum atomic E-state index is 12.9. The van der Waals surface area contributed by atoms with E-state index in [0.29, 0.717) is 19.8 Å². The molecule has 0 radical (unpaired) electrons. The third kappa shape index (κ3) is 12.9. The summed E-state index contributed by atoms with van der Waals surface area (Å²) in [6, 6.07) is 18.0. The number of unbranched alkanes of at least 4 members (excludes halogenated alkanes) is 15. The van der Waals surface area contributed by atoms with Gasteiger partial charge in [-0.25, -0.2) is 0 Å². The van der Waals surface area contributed by atoms with E-state index in [-0.39, 0.29) is 11.5 Å². The number of hydrogen-bond donors (Lipinski definition) is 1. The lowest BCUT2D eigenvalue weighted by molar-refractivity contribution is -0.944. The molecule has 2 aromatic heterocycles. The van der Waals surface area contributed by atoms with E-state index in [1.807, 2.05) is 24.3 Å². The first-order valence-corrected chi connectivity index (χ1v) is 21.4. The summed E-state index contributed by atoms with van der Waals surface area (Å²) in [5.74, 6) is 0.720. The zero-order chi connectivity index (χ0) is 36.3. The lowest BCUT2D eigenvalue weighted by Crippen LogP contribution is -2.61. The highest BCUT2D eigenvalue weighted by atomic mass is 32.1. The Bertz CT molecular complexity index is 1670. The SMILES string of the molecule is CCCCCCCCCCCCCCCCCC(=O)OC[N+]1(CCCCOc2ccc3ccc(=O)[nH]c3c2)CCN(c2cccc3sccc23)CC1. The fraction of sp³-hybridized carbons (Fsp3) is 0.591. The Morgan fingerprint density at radius 1 is 0.788 bits per heavy atom. The van der Waals surface area contributed by atoms with E-state index >= 15 is 0 Å². The van der Waals surface area contributed by atoms with Crippen LogP contribution in [0.4, 0.5) is 5.69 Å². The number of fused-ring (bicyclic) bond motifs is 2. The van der Waals surface area contributed by atoms with Crippen LogP contribution in [0.25, 0.3) is 21.0 Å². The normalized spacial score (nSPS) is 14.3. The standard InChI is InChI=1S/C44H63N3O4S/c1-2-3-4-5-6-7-8-9-10-11-12-13-14-15-16-22-44(49)51-36-47(31-28-46(29-32-47)41-20-19-21-42-39(41)27-34-52-42)30-17-18-33-50-38-25-23-37-24-26-43(48)45-40(37)35-38/h19-21,23-27,34-35H,2-18,22,28-33,36H2,1H3/p+1. The monoisotopic (exact) mass is 730 g/mol. The molecule has 1 saturated heterocycles. The first-order valence-electron chi connectivity index (χ1n) is 20.5. The van der Waals surface area contributed by atoms with Gasteiger partial charge in [0.05, 0.1) is 44.8 Å². The van der Waals surface area contributed by atoms with E-state index in [1.165, 1.54) is 99.2 Å². The number of thiophene rings is 1. The lowest BCUT2D eigenvalue weighted by atomic mass is 10.0. The van der Waals surface area contributed by atoms with Crippen molar-refractivity contribution < 1.29 is 18.8 Å². The van der Waals surface area contributed by atoms with Gasteiger partial charge in [0.25, 0.3) is 0 Å². The maximum Gasteiger partial charge on any atom is 0.310 e. The van der Waals surface area contributed by atoms with E-state index in [2.05, 4.69) is 46.5 Å². The predicted octanol–water partition coefficient (Wildman–Crippen LogP) is 11.0. The molecule has 5 rings (SSSR count). The van der Waals surface area contributed by atoms with Crippen molar-refractivity contribution in [1.29, 1.82) is 0 Å². The fourth-order valence-corrected chi connectivity index (χ4v) is 8.49. The highest BCUT2D eigenvalue weighted by molar-refractivity contribution is 7.17. The Kier molecular flexibility index (Phi) is 16.9. The van der Waals surface area contributed by atoms with Crippen LogP contribution in [0, 0.1) is 0 Å². The Hall–Kier alpha value is -3.36. The van der Waals surface area contributed by atoms with Gasteiger partial charge >= 0.3 is 5.97 Å². The number of rotatable bonds is 25. The Balaban J connectivity index is 1.00. The number of aromatic amines is 1. The fourth-order valence-electron chi connectivity index (χ4n) is 7.68. The van der Waals surface area contributed by atoms with Crippen LogP contribution in [-0.2, 0) is 9.53 Å². The molecule has 7 nitrogen and oxygen atoms in total. The van der Waals surface area contributed by atoms with Gasteiger partial charge in [-0.05, 0) is 66.4 Å². The molecule has 0 spiro atoms. The first kappa shape index (κ1) is 39.8. The molecule has 4 aromatic rings. The summed E-state index contributed by atoms with van der Waals surface area (Å²) in [7, 11) is 0. The second-order valence-corrected chi connectivity index (χ2v) is 16.0. The molecule has 0 amide bonds. The molecule has 0 unspecified atom stereocenters. The minimum atomic E-state index is -0.110. The first-order chi connectivity index (χ1) is 25.5. The molecule has 3 heterocycles. The largest absolute Gasteiger partial charge is 0.494 e. The third-order valence-corrected chi connectivity index (χ3v) is 11.9. The van der Waals surface area contributed by atoms with Gasteiger partial charge in [0.15, 0.2) is 0 Å². The number of esters is 1. The van der Waals surface area contributed by atoms with Crippen LogP contribution in [-0.4, -0.2) is 61.5 Å². The number of aromatic nitrogens is 1. The second-order valence-electron chi connectivity index (χ2n) is 15.1. The number of benzene rings is 2. The van der Waals surface area contributed by atoms with Gasteiger partial charge in [-0.3, -0.25) is 14.1 Å². The van der Waals surface area contributed by atoms with Crippen molar-refractivity contribution >= 4 is 44.0 Å². The molecule has 1 fully saturated rings. The van der Waals surface area contributed by atoms with E-state index in [1.54, 1.807) is 17.4 Å².